The molecule has 0 aliphatic heterocycles. The van der Waals surface area contributed by atoms with Gasteiger partial charge in [-0.05, 0) is 77.9 Å². The van der Waals surface area contributed by atoms with Crippen molar-refractivity contribution in [3.05, 3.63) is 94.5 Å². The topological polar surface area (TPSA) is 79.8 Å². The van der Waals surface area contributed by atoms with Gasteiger partial charge in [-0.1, -0.05) is 51.1 Å². The monoisotopic (exact) mass is 457 g/mol. The number of benzene rings is 3. The van der Waals surface area contributed by atoms with Crippen molar-refractivity contribution in [1.29, 1.82) is 0 Å². The molecule has 0 aromatic heterocycles. The highest BCUT2D eigenvalue weighted by Gasteiger charge is 2.15. The number of rotatable bonds is 7. The van der Waals surface area contributed by atoms with E-state index >= 15 is 0 Å². The van der Waals surface area contributed by atoms with E-state index in [1.165, 1.54) is 6.21 Å². The van der Waals surface area contributed by atoms with Gasteiger partial charge in [0, 0.05) is 5.69 Å². The van der Waals surface area contributed by atoms with Gasteiger partial charge in [-0.15, -0.1) is 0 Å². The number of nitrogens with one attached hydrogen (secondary N) is 2. The average Bonchev–Trinajstić information content (AvgIpc) is 2.79. The summed E-state index contributed by atoms with van der Waals surface area (Å²) in [7, 11) is 0. The van der Waals surface area contributed by atoms with E-state index in [-0.39, 0.29) is 17.9 Å². The molecule has 34 heavy (non-hydrogen) atoms. The van der Waals surface area contributed by atoms with E-state index in [4.69, 9.17) is 4.74 Å². The van der Waals surface area contributed by atoms with Gasteiger partial charge >= 0.3 is 5.97 Å². The molecule has 0 aliphatic carbocycles. The van der Waals surface area contributed by atoms with Crippen LogP contribution in [0, 0.1) is 13.8 Å². The zero-order chi connectivity index (χ0) is 24.7. The molecule has 6 heteroatoms. The minimum atomic E-state index is -0.412. The molecule has 6 nitrogen and oxygen atoms in total. The van der Waals surface area contributed by atoms with Gasteiger partial charge in [-0.2, -0.15) is 5.10 Å². The van der Waals surface area contributed by atoms with Crippen LogP contribution >= 0.6 is 0 Å². The van der Waals surface area contributed by atoms with Crippen LogP contribution in [0.15, 0.2) is 71.8 Å². The first-order valence-corrected chi connectivity index (χ1v) is 11.2. The highest BCUT2D eigenvalue weighted by atomic mass is 16.5. The van der Waals surface area contributed by atoms with Crippen molar-refractivity contribution in [2.45, 2.75) is 40.0 Å². The minimum Gasteiger partial charge on any atom is -0.423 e. The number of para-hydroxylation sites is 1. The lowest BCUT2D eigenvalue weighted by molar-refractivity contribution is -0.119. The molecule has 2 N–H and O–H groups in total. The molecule has 0 spiro atoms. The summed E-state index contributed by atoms with van der Waals surface area (Å²) >= 11 is 0. The molecule has 0 bridgehead atoms. The SMILES string of the molecule is Cc1cccc(C)c1NCC(=O)NN=Cc1ccc(OC(=O)c2ccc(C(C)(C)C)cc2)cc1. The first-order chi connectivity index (χ1) is 16.1. The molecule has 0 atom stereocenters. The van der Waals surface area contributed by atoms with E-state index < -0.39 is 5.97 Å². The van der Waals surface area contributed by atoms with Gasteiger partial charge in [-0.25, -0.2) is 10.2 Å². The molecule has 0 heterocycles. The molecule has 0 aliphatic rings. The molecule has 0 fully saturated rings. The van der Waals surface area contributed by atoms with Crippen LogP contribution in [0.25, 0.3) is 0 Å². The summed E-state index contributed by atoms with van der Waals surface area (Å²) in [4.78, 5) is 24.5. The van der Waals surface area contributed by atoms with E-state index in [2.05, 4.69) is 36.6 Å². The highest BCUT2D eigenvalue weighted by Crippen LogP contribution is 2.23. The van der Waals surface area contributed by atoms with Crippen molar-refractivity contribution < 1.29 is 14.3 Å². The predicted octanol–water partition coefficient (Wildman–Crippen LogP) is 5.38. The lowest BCUT2D eigenvalue weighted by Crippen LogP contribution is -2.26. The second-order valence-electron chi connectivity index (χ2n) is 9.20. The third-order valence-electron chi connectivity index (χ3n) is 5.39. The summed E-state index contributed by atoms with van der Waals surface area (Å²) in [6, 6.07) is 20.3. The third kappa shape index (κ3) is 6.78. The van der Waals surface area contributed by atoms with Gasteiger partial charge in [0.05, 0.1) is 18.3 Å². The Morgan fingerprint density at radius 2 is 1.53 bits per heavy atom. The Morgan fingerprint density at radius 1 is 0.912 bits per heavy atom. The number of hydrogen-bond acceptors (Lipinski definition) is 5. The first-order valence-electron chi connectivity index (χ1n) is 11.2. The third-order valence-corrected chi connectivity index (χ3v) is 5.39. The fourth-order valence-electron chi connectivity index (χ4n) is 3.37. The van der Waals surface area contributed by atoms with Crippen molar-refractivity contribution in [1.82, 2.24) is 5.43 Å². The summed E-state index contributed by atoms with van der Waals surface area (Å²) in [6.07, 6.45) is 1.54. The van der Waals surface area contributed by atoms with Gasteiger partial charge in [-0.3, -0.25) is 4.79 Å². The zero-order valence-electron chi connectivity index (χ0n) is 20.3. The molecular formula is C28H31N3O3. The number of hydrogen-bond donors (Lipinski definition) is 2. The van der Waals surface area contributed by atoms with Crippen LogP contribution in [0.2, 0.25) is 0 Å². The van der Waals surface area contributed by atoms with Crippen LogP contribution in [0.1, 0.15) is 53.4 Å². The molecule has 3 aromatic rings. The molecule has 176 valence electrons. The van der Waals surface area contributed by atoms with Gasteiger partial charge in [0.25, 0.3) is 5.91 Å². The van der Waals surface area contributed by atoms with Crippen LogP contribution in [0.5, 0.6) is 5.75 Å². The normalized spacial score (nSPS) is 11.3. The smallest absolute Gasteiger partial charge is 0.343 e. The first kappa shape index (κ1) is 24.7. The minimum absolute atomic E-state index is 0.0236. The number of aryl methyl sites for hydroxylation is 2. The lowest BCUT2D eigenvalue weighted by Gasteiger charge is -2.18. The Balaban J connectivity index is 1.49. The summed E-state index contributed by atoms with van der Waals surface area (Å²) in [5.41, 5.74) is 8.06. The van der Waals surface area contributed by atoms with Crippen molar-refractivity contribution in [2.75, 3.05) is 11.9 Å². The van der Waals surface area contributed by atoms with Crippen molar-refractivity contribution >= 4 is 23.8 Å². The Morgan fingerprint density at radius 3 is 2.12 bits per heavy atom. The fraction of sp³-hybridized carbons (Fsp3) is 0.250. The van der Waals surface area contributed by atoms with E-state index in [1.807, 2.05) is 44.2 Å². The standard InChI is InChI=1S/C28H31N3O3/c1-19-7-6-8-20(2)26(19)29-18-25(32)31-30-17-21-9-15-24(16-10-21)34-27(33)22-11-13-23(14-12-22)28(3,4)5/h6-17,29H,18H2,1-5H3,(H,31,32). The van der Waals surface area contributed by atoms with Gasteiger partial charge < -0.3 is 10.1 Å². The van der Waals surface area contributed by atoms with E-state index in [0.29, 0.717) is 11.3 Å². The number of ether oxygens (including phenoxy) is 1. The summed E-state index contributed by atoms with van der Waals surface area (Å²) < 4.78 is 5.46. The molecule has 1 amide bonds. The van der Waals surface area contributed by atoms with E-state index in [1.54, 1.807) is 36.4 Å². The molecule has 0 saturated carbocycles. The lowest BCUT2D eigenvalue weighted by atomic mass is 9.87. The Hall–Kier alpha value is -3.93. The Kier molecular flexibility index (Phi) is 7.84. The maximum absolute atomic E-state index is 12.4. The molecular weight excluding hydrogens is 426 g/mol. The van der Waals surface area contributed by atoms with Crippen LogP contribution in [0.3, 0.4) is 0 Å². The van der Waals surface area contributed by atoms with Gasteiger partial charge in [0.15, 0.2) is 0 Å². The van der Waals surface area contributed by atoms with Gasteiger partial charge in [0.1, 0.15) is 5.75 Å². The van der Waals surface area contributed by atoms with Crippen LogP contribution in [0.4, 0.5) is 5.69 Å². The number of amides is 1. The Labute approximate surface area is 201 Å². The van der Waals surface area contributed by atoms with Crippen LogP contribution in [-0.2, 0) is 10.2 Å². The summed E-state index contributed by atoms with van der Waals surface area (Å²) in [5.74, 6) is -0.226. The van der Waals surface area contributed by atoms with Crippen molar-refractivity contribution in [3.8, 4) is 5.75 Å². The van der Waals surface area contributed by atoms with Crippen molar-refractivity contribution in [3.63, 3.8) is 0 Å². The van der Waals surface area contributed by atoms with Gasteiger partial charge in [0.2, 0.25) is 0 Å². The summed E-state index contributed by atoms with van der Waals surface area (Å²) in [6.45, 7) is 10.5. The van der Waals surface area contributed by atoms with Crippen LogP contribution in [-0.4, -0.2) is 24.6 Å². The second-order valence-corrected chi connectivity index (χ2v) is 9.20. The second kappa shape index (κ2) is 10.8. The van der Waals surface area contributed by atoms with Crippen molar-refractivity contribution in [2.24, 2.45) is 5.10 Å². The highest BCUT2D eigenvalue weighted by molar-refractivity contribution is 5.91. The number of anilines is 1. The maximum Gasteiger partial charge on any atom is 0.343 e. The molecule has 0 radical (unpaired) electrons. The number of carbonyl (C=O) groups is 2. The van der Waals surface area contributed by atoms with E-state index in [0.717, 1.165) is 27.9 Å². The van der Waals surface area contributed by atoms with Crippen LogP contribution < -0.4 is 15.5 Å². The number of nitrogens with zero attached hydrogens (tertiary/aromatic N) is 1. The molecule has 3 rings (SSSR count). The van der Waals surface area contributed by atoms with E-state index in [9.17, 15) is 9.59 Å². The number of carbonyl (C=O) groups excluding carboxylic acids is 2. The predicted molar refractivity (Wildman–Crippen MR) is 137 cm³/mol. The number of esters is 1. The molecule has 3 aromatic carbocycles. The molecule has 0 saturated heterocycles. The Bertz CT molecular complexity index is 1150. The zero-order valence-corrected chi connectivity index (χ0v) is 20.3. The maximum atomic E-state index is 12.4. The molecule has 0 unspecified atom stereocenters. The quantitative estimate of drug-likeness (QED) is 0.216. The average molecular weight is 458 g/mol. The summed E-state index contributed by atoms with van der Waals surface area (Å²) in [5, 5.41) is 7.14. The largest absolute Gasteiger partial charge is 0.423 e. The fourth-order valence-corrected chi connectivity index (χ4v) is 3.37. The number of hydrazone groups is 1.